The molecule has 4 N–H and O–H groups in total. The summed E-state index contributed by atoms with van der Waals surface area (Å²) in [6.07, 6.45) is 1.82. The molecule has 0 aliphatic heterocycles. The monoisotopic (exact) mass is 728 g/mol. The fraction of sp³-hybridized carbons (Fsp3) is 0.714. The second-order valence-corrected chi connectivity index (χ2v) is 13.9. The number of ether oxygens (including phenoxy) is 6. The van der Waals surface area contributed by atoms with Crippen LogP contribution in [0.4, 0.5) is 19.2 Å². The van der Waals surface area contributed by atoms with Gasteiger partial charge in [-0.2, -0.15) is 0 Å². The van der Waals surface area contributed by atoms with Crippen molar-refractivity contribution in [2.45, 2.75) is 80.3 Å². The molecule has 0 radical (unpaired) electrons. The first-order valence-corrected chi connectivity index (χ1v) is 17.1. The lowest BCUT2D eigenvalue weighted by Crippen LogP contribution is -2.36. The molecule has 3 unspecified atom stereocenters. The van der Waals surface area contributed by atoms with Gasteiger partial charge in [0, 0.05) is 38.3 Å². The molecule has 0 aromatic carbocycles. The van der Waals surface area contributed by atoms with Gasteiger partial charge in [-0.1, -0.05) is 54.7 Å². The van der Waals surface area contributed by atoms with Gasteiger partial charge in [-0.25, -0.2) is 28.8 Å². The molecular weight excluding hydrogens is 668 g/mol. The Kier molecular flexibility index (Phi) is 23.2. The number of esters is 2. The summed E-state index contributed by atoms with van der Waals surface area (Å²) >= 11 is 0. The third-order valence-electron chi connectivity index (χ3n) is 7.35. The van der Waals surface area contributed by atoms with E-state index in [0.29, 0.717) is 39.0 Å². The molecule has 0 aromatic rings. The van der Waals surface area contributed by atoms with Gasteiger partial charge in [0.15, 0.2) is 0 Å². The predicted octanol–water partition coefficient (Wildman–Crippen LogP) is 4.62. The van der Waals surface area contributed by atoms with Gasteiger partial charge in [-0.15, -0.1) is 0 Å². The minimum atomic E-state index is -0.667. The summed E-state index contributed by atoms with van der Waals surface area (Å²) in [4.78, 5) is 70.1. The summed E-state index contributed by atoms with van der Waals surface area (Å²) in [5, 5.41) is 10.8. The van der Waals surface area contributed by atoms with Crippen molar-refractivity contribution in [3.8, 4) is 0 Å². The van der Waals surface area contributed by atoms with E-state index in [1.807, 2.05) is 13.8 Å². The quantitative estimate of drug-likeness (QED) is 0.0440. The fourth-order valence-electron chi connectivity index (χ4n) is 5.03. The number of amides is 4. The van der Waals surface area contributed by atoms with Crippen LogP contribution in [0.1, 0.15) is 74.1 Å². The molecule has 0 aliphatic rings. The van der Waals surface area contributed by atoms with Crippen LogP contribution in [0.5, 0.6) is 0 Å². The third-order valence-corrected chi connectivity index (χ3v) is 7.35. The number of rotatable bonds is 25. The number of nitrogens with one attached hydrogen (secondary N) is 4. The van der Waals surface area contributed by atoms with E-state index in [2.05, 4.69) is 62.1 Å². The molecule has 292 valence electrons. The second kappa shape index (κ2) is 25.5. The van der Waals surface area contributed by atoms with Crippen molar-refractivity contribution in [3.05, 3.63) is 25.3 Å². The first kappa shape index (κ1) is 46.5. The Balaban J connectivity index is 4.16. The summed E-state index contributed by atoms with van der Waals surface area (Å²) in [5.41, 5.74) is -0.278. The van der Waals surface area contributed by atoms with Gasteiger partial charge in [0.05, 0.1) is 0 Å². The van der Waals surface area contributed by atoms with Gasteiger partial charge in [-0.05, 0) is 55.3 Å². The van der Waals surface area contributed by atoms with Crippen LogP contribution in [0.15, 0.2) is 25.3 Å². The van der Waals surface area contributed by atoms with E-state index >= 15 is 0 Å². The number of hydrogen-bond donors (Lipinski definition) is 4. The van der Waals surface area contributed by atoms with E-state index in [1.54, 1.807) is 6.92 Å². The summed E-state index contributed by atoms with van der Waals surface area (Å²) in [6.45, 7) is 21.6. The van der Waals surface area contributed by atoms with E-state index in [0.717, 1.165) is 25.0 Å². The van der Waals surface area contributed by atoms with Gasteiger partial charge in [0.2, 0.25) is 0 Å². The highest BCUT2D eigenvalue weighted by molar-refractivity contribution is 5.81. The van der Waals surface area contributed by atoms with Crippen LogP contribution in [0.25, 0.3) is 0 Å². The maximum Gasteiger partial charge on any atom is 0.407 e. The van der Waals surface area contributed by atoms with Crippen LogP contribution in [-0.4, -0.2) is 102 Å². The molecule has 51 heavy (non-hydrogen) atoms. The van der Waals surface area contributed by atoms with Crippen molar-refractivity contribution >= 4 is 36.3 Å². The van der Waals surface area contributed by atoms with E-state index < -0.39 is 42.4 Å². The lowest BCUT2D eigenvalue weighted by Gasteiger charge is -2.28. The average Bonchev–Trinajstić information content (AvgIpc) is 3.04. The van der Waals surface area contributed by atoms with Crippen molar-refractivity contribution in [1.29, 1.82) is 0 Å². The summed E-state index contributed by atoms with van der Waals surface area (Å²) in [6, 6.07) is 0. The molecule has 0 fully saturated rings. The van der Waals surface area contributed by atoms with E-state index in [-0.39, 0.29) is 55.7 Å². The number of hydrogen-bond acceptors (Lipinski definition) is 12. The minimum absolute atomic E-state index is 0.0520. The van der Waals surface area contributed by atoms with Crippen molar-refractivity contribution in [1.82, 2.24) is 21.3 Å². The topological polar surface area (TPSA) is 206 Å². The molecular formula is C35H60N4O12. The molecule has 3 atom stereocenters. The Morgan fingerprint density at radius 1 is 0.569 bits per heavy atom. The van der Waals surface area contributed by atoms with Crippen molar-refractivity contribution in [2.24, 2.45) is 22.7 Å². The van der Waals surface area contributed by atoms with Gasteiger partial charge < -0.3 is 49.7 Å². The molecule has 0 saturated carbocycles. The molecule has 16 nitrogen and oxygen atoms in total. The third kappa shape index (κ3) is 27.0. The molecule has 0 aliphatic carbocycles. The Bertz CT molecular complexity index is 1130. The molecule has 0 heterocycles. The van der Waals surface area contributed by atoms with E-state index in [1.165, 1.54) is 0 Å². The highest BCUT2D eigenvalue weighted by Crippen LogP contribution is 2.29. The molecule has 16 heteroatoms. The Labute approximate surface area is 302 Å². The smallest absolute Gasteiger partial charge is 0.407 e. The van der Waals surface area contributed by atoms with Crippen LogP contribution in [0.2, 0.25) is 0 Å². The normalized spacial score (nSPS) is 12.8. The molecule has 0 bridgehead atoms. The minimum Gasteiger partial charge on any atom is -0.459 e. The van der Waals surface area contributed by atoms with Crippen molar-refractivity contribution in [2.75, 3.05) is 59.2 Å². The second-order valence-electron chi connectivity index (χ2n) is 13.9. The maximum absolute atomic E-state index is 12.3. The molecule has 0 spiro atoms. The maximum atomic E-state index is 12.3. The van der Waals surface area contributed by atoms with Crippen LogP contribution in [0, 0.1) is 22.7 Å². The zero-order valence-electron chi connectivity index (χ0n) is 31.4. The van der Waals surface area contributed by atoms with Crippen LogP contribution >= 0.6 is 0 Å². The zero-order valence-corrected chi connectivity index (χ0v) is 31.4. The van der Waals surface area contributed by atoms with Gasteiger partial charge >= 0.3 is 36.3 Å². The summed E-state index contributed by atoms with van der Waals surface area (Å²) in [5.74, 6) is -0.943. The fourth-order valence-corrected chi connectivity index (χ4v) is 5.03. The van der Waals surface area contributed by atoms with Crippen LogP contribution in [0.3, 0.4) is 0 Å². The molecule has 4 amide bonds. The Morgan fingerprint density at radius 3 is 1.35 bits per heavy atom. The lowest BCUT2D eigenvalue weighted by molar-refractivity contribution is -0.139. The largest absolute Gasteiger partial charge is 0.459 e. The first-order valence-electron chi connectivity index (χ1n) is 17.1. The summed E-state index contributed by atoms with van der Waals surface area (Å²) in [7, 11) is 0. The Hall–Kier alpha value is -4.50. The zero-order chi connectivity index (χ0) is 38.9. The Morgan fingerprint density at radius 2 is 0.941 bits per heavy atom. The SMILES string of the molecule is C=CC(=O)OCCOC(=O)NCCC(C)(C)CC(C)CNC(=O)OCC(C)OC(=O)NCC(C)CC(C)(C)CCNC(=O)OCCOC(=O)C=C. The lowest BCUT2D eigenvalue weighted by atomic mass is 9.80. The molecule has 0 saturated heterocycles. The highest BCUT2D eigenvalue weighted by atomic mass is 16.6. The number of carbonyl (C=O) groups excluding carboxylic acids is 6. The number of carbonyl (C=O) groups is 6. The highest BCUT2D eigenvalue weighted by Gasteiger charge is 2.24. The predicted molar refractivity (Wildman–Crippen MR) is 189 cm³/mol. The summed E-state index contributed by atoms with van der Waals surface area (Å²) < 4.78 is 29.9. The van der Waals surface area contributed by atoms with E-state index in [9.17, 15) is 28.8 Å². The molecule has 0 aromatic heterocycles. The first-order chi connectivity index (χ1) is 23.9. The number of alkyl carbamates (subject to hydrolysis) is 4. The van der Waals surface area contributed by atoms with E-state index in [4.69, 9.17) is 28.4 Å². The van der Waals surface area contributed by atoms with Gasteiger partial charge in [0.1, 0.15) is 39.1 Å². The van der Waals surface area contributed by atoms with Gasteiger partial charge in [-0.3, -0.25) is 0 Å². The van der Waals surface area contributed by atoms with Crippen LogP contribution in [-0.2, 0) is 38.0 Å². The standard InChI is InChI=1S/C35H60N4O12/c1-10-28(40)46-16-18-48-30(42)36-14-12-34(6,7)20-25(3)22-38-32(44)50-24-27(5)51-33(45)39-23-26(4)21-35(8,9)13-15-37-31(43)49-19-17-47-29(41)11-2/h10-11,25-27H,1-2,12-24H2,3-9H3,(H,36,42)(H,37,43)(H,38,44)(H,39,45). The van der Waals surface area contributed by atoms with Crippen molar-refractivity contribution in [3.63, 3.8) is 0 Å². The van der Waals surface area contributed by atoms with Gasteiger partial charge in [0.25, 0.3) is 0 Å². The van der Waals surface area contributed by atoms with Crippen molar-refractivity contribution < 1.29 is 57.2 Å². The average molecular weight is 729 g/mol. The van der Waals surface area contributed by atoms with Crippen LogP contribution < -0.4 is 21.3 Å². The molecule has 0 rings (SSSR count).